The number of primary amides is 1. The lowest BCUT2D eigenvalue weighted by atomic mass is 10.1. The van der Waals surface area contributed by atoms with Gasteiger partial charge in [-0.05, 0) is 11.6 Å². The molecule has 0 fully saturated rings. The van der Waals surface area contributed by atoms with Crippen LogP contribution in [0.5, 0.6) is 0 Å². The summed E-state index contributed by atoms with van der Waals surface area (Å²) in [6, 6.07) is 6.92. The number of ether oxygens (including phenoxy) is 1. The smallest absolute Gasteiger partial charge is 0.377 e. The van der Waals surface area contributed by atoms with Gasteiger partial charge in [0.15, 0.2) is 0 Å². The number of aromatic nitrogens is 3. The molecule has 0 bridgehead atoms. The SMILES string of the molecule is COC(=O)c1ncn(Cc2ccccc2C(N)=O)n1. The van der Waals surface area contributed by atoms with Crippen LogP contribution in [0, 0.1) is 0 Å². The van der Waals surface area contributed by atoms with Gasteiger partial charge in [-0.25, -0.2) is 14.5 Å². The van der Waals surface area contributed by atoms with E-state index >= 15 is 0 Å². The number of nitrogens with zero attached hydrogens (tertiary/aromatic N) is 3. The highest BCUT2D eigenvalue weighted by Crippen LogP contribution is 2.09. The Balaban J connectivity index is 2.24. The van der Waals surface area contributed by atoms with Crippen molar-refractivity contribution in [1.82, 2.24) is 14.8 Å². The zero-order valence-corrected chi connectivity index (χ0v) is 10.2. The second kappa shape index (κ2) is 5.30. The fraction of sp³-hybridized carbons (Fsp3) is 0.167. The number of rotatable bonds is 4. The summed E-state index contributed by atoms with van der Waals surface area (Å²) in [4.78, 5) is 26.3. The van der Waals surface area contributed by atoms with Gasteiger partial charge in [0.25, 0.3) is 5.82 Å². The van der Waals surface area contributed by atoms with E-state index in [2.05, 4.69) is 14.8 Å². The van der Waals surface area contributed by atoms with Crippen molar-refractivity contribution < 1.29 is 14.3 Å². The van der Waals surface area contributed by atoms with Gasteiger partial charge in [-0.2, -0.15) is 0 Å². The minimum Gasteiger partial charge on any atom is -0.463 e. The molecular formula is C12H12N4O3. The number of esters is 1. The molecular weight excluding hydrogens is 248 g/mol. The van der Waals surface area contributed by atoms with E-state index in [9.17, 15) is 9.59 Å². The Kier molecular flexibility index (Phi) is 3.56. The molecule has 1 heterocycles. The van der Waals surface area contributed by atoms with E-state index in [1.807, 2.05) is 0 Å². The van der Waals surface area contributed by atoms with Crippen molar-refractivity contribution in [3.05, 3.63) is 47.5 Å². The predicted octanol–water partition coefficient (Wildman–Crippen LogP) is 0.212. The summed E-state index contributed by atoms with van der Waals surface area (Å²) in [7, 11) is 1.26. The monoisotopic (exact) mass is 260 g/mol. The molecule has 2 N–H and O–H groups in total. The van der Waals surface area contributed by atoms with Crippen molar-refractivity contribution in [2.75, 3.05) is 7.11 Å². The van der Waals surface area contributed by atoms with Crippen LogP contribution >= 0.6 is 0 Å². The summed E-state index contributed by atoms with van der Waals surface area (Å²) >= 11 is 0. The summed E-state index contributed by atoms with van der Waals surface area (Å²) in [5.41, 5.74) is 6.40. The van der Waals surface area contributed by atoms with Crippen LogP contribution in [0.1, 0.15) is 26.5 Å². The molecule has 7 nitrogen and oxygen atoms in total. The third kappa shape index (κ3) is 2.76. The average Bonchev–Trinajstić information content (AvgIpc) is 2.86. The molecule has 0 atom stereocenters. The molecule has 1 amide bonds. The zero-order chi connectivity index (χ0) is 13.8. The van der Waals surface area contributed by atoms with Crippen molar-refractivity contribution in [2.45, 2.75) is 6.54 Å². The maximum Gasteiger partial charge on any atom is 0.377 e. The second-order valence-corrected chi connectivity index (χ2v) is 3.78. The molecule has 98 valence electrons. The number of benzene rings is 1. The highest BCUT2D eigenvalue weighted by molar-refractivity contribution is 5.94. The van der Waals surface area contributed by atoms with E-state index in [1.54, 1.807) is 24.3 Å². The maximum absolute atomic E-state index is 11.3. The summed E-state index contributed by atoms with van der Waals surface area (Å²) < 4.78 is 5.95. The highest BCUT2D eigenvalue weighted by atomic mass is 16.5. The zero-order valence-electron chi connectivity index (χ0n) is 10.2. The van der Waals surface area contributed by atoms with Crippen LogP contribution in [0.25, 0.3) is 0 Å². The minimum atomic E-state index is -0.609. The Labute approximate surface area is 109 Å². The van der Waals surface area contributed by atoms with Crippen LogP contribution in [0.4, 0.5) is 0 Å². The molecule has 0 saturated carbocycles. The van der Waals surface area contributed by atoms with Crippen LogP contribution in [-0.2, 0) is 11.3 Å². The normalized spacial score (nSPS) is 10.2. The van der Waals surface area contributed by atoms with E-state index in [0.29, 0.717) is 17.7 Å². The summed E-state index contributed by atoms with van der Waals surface area (Å²) in [6.07, 6.45) is 1.39. The van der Waals surface area contributed by atoms with Gasteiger partial charge in [-0.3, -0.25) is 4.79 Å². The highest BCUT2D eigenvalue weighted by Gasteiger charge is 2.13. The van der Waals surface area contributed by atoms with Gasteiger partial charge in [0.1, 0.15) is 6.33 Å². The number of hydrogen-bond acceptors (Lipinski definition) is 5. The average molecular weight is 260 g/mol. The molecule has 0 spiro atoms. The van der Waals surface area contributed by atoms with E-state index in [-0.39, 0.29) is 5.82 Å². The van der Waals surface area contributed by atoms with Crippen molar-refractivity contribution in [2.24, 2.45) is 5.73 Å². The molecule has 0 aliphatic carbocycles. The number of amides is 1. The number of carbonyl (C=O) groups is 2. The molecule has 0 radical (unpaired) electrons. The van der Waals surface area contributed by atoms with Crippen molar-refractivity contribution in [1.29, 1.82) is 0 Å². The second-order valence-electron chi connectivity index (χ2n) is 3.78. The maximum atomic E-state index is 11.3. The van der Waals surface area contributed by atoms with Gasteiger partial charge in [-0.15, -0.1) is 5.10 Å². The van der Waals surface area contributed by atoms with Crippen LogP contribution in [0.3, 0.4) is 0 Å². The largest absolute Gasteiger partial charge is 0.463 e. The molecule has 1 aromatic heterocycles. The fourth-order valence-electron chi connectivity index (χ4n) is 1.63. The van der Waals surface area contributed by atoms with Gasteiger partial charge in [0.2, 0.25) is 5.91 Å². The fourth-order valence-corrected chi connectivity index (χ4v) is 1.63. The van der Waals surface area contributed by atoms with Crippen LogP contribution < -0.4 is 5.73 Å². The quantitative estimate of drug-likeness (QED) is 0.792. The predicted molar refractivity (Wildman–Crippen MR) is 65.4 cm³/mol. The van der Waals surface area contributed by atoms with Crippen LogP contribution in [0.15, 0.2) is 30.6 Å². The van der Waals surface area contributed by atoms with Crippen molar-refractivity contribution in [3.63, 3.8) is 0 Å². The lowest BCUT2D eigenvalue weighted by molar-refractivity contribution is 0.0586. The number of nitrogens with two attached hydrogens (primary N) is 1. The Morgan fingerprint density at radius 3 is 2.79 bits per heavy atom. The van der Waals surface area contributed by atoms with Gasteiger partial charge in [-0.1, -0.05) is 18.2 Å². The third-order valence-electron chi connectivity index (χ3n) is 2.52. The van der Waals surface area contributed by atoms with Crippen LogP contribution in [0.2, 0.25) is 0 Å². The number of carbonyl (C=O) groups excluding carboxylic acids is 2. The Bertz CT molecular complexity index is 621. The van der Waals surface area contributed by atoms with Crippen molar-refractivity contribution >= 4 is 11.9 Å². The topological polar surface area (TPSA) is 100 Å². The van der Waals surface area contributed by atoms with E-state index < -0.39 is 11.9 Å². The van der Waals surface area contributed by atoms with E-state index in [4.69, 9.17) is 5.73 Å². The summed E-state index contributed by atoms with van der Waals surface area (Å²) in [6.45, 7) is 0.295. The standard InChI is InChI=1S/C12H12N4O3/c1-19-12(18)11-14-7-16(15-11)6-8-4-2-3-5-9(8)10(13)17/h2-5,7H,6H2,1H3,(H2,13,17). The minimum absolute atomic E-state index is 0.0287. The molecule has 19 heavy (non-hydrogen) atoms. The van der Waals surface area contributed by atoms with Gasteiger partial charge in [0, 0.05) is 5.56 Å². The van der Waals surface area contributed by atoms with Gasteiger partial charge >= 0.3 is 5.97 Å². The van der Waals surface area contributed by atoms with E-state index in [0.717, 1.165) is 0 Å². The van der Waals surface area contributed by atoms with Crippen molar-refractivity contribution in [3.8, 4) is 0 Å². The van der Waals surface area contributed by atoms with Gasteiger partial charge < -0.3 is 10.5 Å². The first-order valence-corrected chi connectivity index (χ1v) is 5.47. The van der Waals surface area contributed by atoms with E-state index in [1.165, 1.54) is 18.1 Å². The lowest BCUT2D eigenvalue weighted by Gasteiger charge is -2.05. The summed E-state index contributed by atoms with van der Waals surface area (Å²) in [5.74, 6) is -1.15. The molecule has 0 unspecified atom stereocenters. The van der Waals surface area contributed by atoms with Crippen LogP contribution in [-0.4, -0.2) is 33.8 Å². The first-order chi connectivity index (χ1) is 9.11. The first-order valence-electron chi connectivity index (χ1n) is 5.47. The lowest BCUT2D eigenvalue weighted by Crippen LogP contribution is -2.15. The Hall–Kier alpha value is -2.70. The first kappa shape index (κ1) is 12.7. The molecule has 2 aromatic rings. The number of hydrogen-bond donors (Lipinski definition) is 1. The molecule has 7 heteroatoms. The molecule has 1 aromatic carbocycles. The molecule has 0 aliphatic heterocycles. The number of methoxy groups -OCH3 is 1. The molecule has 0 aliphatic rings. The van der Waals surface area contributed by atoms with Gasteiger partial charge in [0.05, 0.1) is 13.7 Å². The summed E-state index contributed by atoms with van der Waals surface area (Å²) in [5, 5.41) is 3.96. The molecule has 0 saturated heterocycles. The molecule has 2 rings (SSSR count). The Morgan fingerprint density at radius 1 is 1.37 bits per heavy atom. The Morgan fingerprint density at radius 2 is 2.11 bits per heavy atom. The third-order valence-corrected chi connectivity index (χ3v) is 2.52.